The molecule has 0 saturated carbocycles. The molecule has 0 bridgehead atoms. The van der Waals surface area contributed by atoms with Crippen LogP contribution in [0.1, 0.15) is 12.8 Å². The second kappa shape index (κ2) is 1.93. The third-order valence-corrected chi connectivity index (χ3v) is 1.76. The van der Waals surface area contributed by atoms with Crippen molar-refractivity contribution in [2.24, 2.45) is 0 Å². The molecule has 1 spiro atoms. The van der Waals surface area contributed by atoms with E-state index in [2.05, 4.69) is 5.32 Å². The maximum Gasteiger partial charge on any atom is 0.252 e. The number of hydrogen-bond donors (Lipinski definition) is 1. The highest BCUT2D eigenvalue weighted by Gasteiger charge is 2.42. The molecular formula is C6H9NO3. The molecule has 0 radical (unpaired) electrons. The van der Waals surface area contributed by atoms with E-state index >= 15 is 0 Å². The van der Waals surface area contributed by atoms with Crippen molar-refractivity contribution < 1.29 is 14.3 Å². The molecule has 2 heterocycles. The lowest BCUT2D eigenvalue weighted by Crippen LogP contribution is -2.42. The van der Waals surface area contributed by atoms with E-state index in [4.69, 9.17) is 9.47 Å². The first kappa shape index (κ1) is 6.12. The van der Waals surface area contributed by atoms with Crippen molar-refractivity contribution >= 4 is 5.91 Å². The number of hydrogen-bond acceptors (Lipinski definition) is 3. The van der Waals surface area contributed by atoms with Crippen LogP contribution in [0.4, 0.5) is 0 Å². The summed E-state index contributed by atoms with van der Waals surface area (Å²) in [5.41, 5.74) is 0. The first-order valence-corrected chi connectivity index (χ1v) is 3.40. The second-order valence-corrected chi connectivity index (χ2v) is 2.50. The average molecular weight is 143 g/mol. The van der Waals surface area contributed by atoms with Gasteiger partial charge in [-0.3, -0.25) is 4.79 Å². The summed E-state index contributed by atoms with van der Waals surface area (Å²) in [4.78, 5) is 10.7. The van der Waals surface area contributed by atoms with Crippen molar-refractivity contribution in [3.63, 3.8) is 0 Å². The predicted molar refractivity (Wildman–Crippen MR) is 32.0 cm³/mol. The van der Waals surface area contributed by atoms with Gasteiger partial charge in [0.15, 0.2) is 0 Å². The predicted octanol–water partition coefficient (Wildman–Crippen LogP) is -0.403. The molecule has 4 heteroatoms. The maximum atomic E-state index is 10.7. The number of amides is 1. The van der Waals surface area contributed by atoms with Gasteiger partial charge in [0.2, 0.25) is 5.91 Å². The van der Waals surface area contributed by atoms with Gasteiger partial charge in [-0.15, -0.1) is 0 Å². The fourth-order valence-electron chi connectivity index (χ4n) is 1.29. The first-order valence-electron chi connectivity index (χ1n) is 3.40. The van der Waals surface area contributed by atoms with Crippen LogP contribution in [0.2, 0.25) is 0 Å². The lowest BCUT2D eigenvalue weighted by atomic mass is 10.3. The van der Waals surface area contributed by atoms with Crippen molar-refractivity contribution in [2.75, 3.05) is 13.2 Å². The molecule has 1 N–H and O–H groups in total. The van der Waals surface area contributed by atoms with E-state index in [-0.39, 0.29) is 5.91 Å². The Kier molecular flexibility index (Phi) is 1.18. The molecule has 0 aromatic heterocycles. The molecule has 56 valence electrons. The standard InChI is InChI=1S/C6H9NO3/c8-5-1-2-6(7-5)9-3-4-10-6/h1-4H2,(H,7,8). The highest BCUT2D eigenvalue weighted by Crippen LogP contribution is 2.26. The average Bonchev–Trinajstić information content (AvgIpc) is 2.46. The van der Waals surface area contributed by atoms with E-state index in [1.165, 1.54) is 0 Å². The number of ether oxygens (including phenoxy) is 2. The fraction of sp³-hybridized carbons (Fsp3) is 0.833. The first-order chi connectivity index (χ1) is 4.81. The van der Waals surface area contributed by atoms with Crippen molar-refractivity contribution in [1.82, 2.24) is 5.32 Å². The Hall–Kier alpha value is -0.610. The van der Waals surface area contributed by atoms with Gasteiger partial charge in [-0.05, 0) is 0 Å². The van der Waals surface area contributed by atoms with Gasteiger partial charge in [-0.2, -0.15) is 0 Å². The summed E-state index contributed by atoms with van der Waals surface area (Å²) < 4.78 is 10.4. The molecule has 4 nitrogen and oxygen atoms in total. The summed E-state index contributed by atoms with van der Waals surface area (Å²) in [6.07, 6.45) is 1.16. The number of rotatable bonds is 0. The lowest BCUT2D eigenvalue weighted by Gasteiger charge is -2.19. The molecule has 0 atom stereocenters. The van der Waals surface area contributed by atoms with Crippen molar-refractivity contribution in [3.8, 4) is 0 Å². The summed E-state index contributed by atoms with van der Waals surface area (Å²) >= 11 is 0. The third-order valence-electron chi connectivity index (χ3n) is 1.76. The molecule has 2 saturated heterocycles. The number of nitrogens with one attached hydrogen (secondary N) is 1. The monoisotopic (exact) mass is 143 g/mol. The van der Waals surface area contributed by atoms with E-state index in [1.54, 1.807) is 0 Å². The SMILES string of the molecule is O=C1CCC2(N1)OCCO2. The van der Waals surface area contributed by atoms with E-state index in [1.807, 2.05) is 0 Å². The van der Waals surface area contributed by atoms with E-state index < -0.39 is 5.91 Å². The molecule has 10 heavy (non-hydrogen) atoms. The molecule has 0 aromatic carbocycles. The van der Waals surface area contributed by atoms with Crippen LogP contribution in [0.5, 0.6) is 0 Å². The van der Waals surface area contributed by atoms with Gasteiger partial charge in [0, 0.05) is 12.8 Å². The molecular weight excluding hydrogens is 134 g/mol. The van der Waals surface area contributed by atoms with E-state index in [0.717, 1.165) is 0 Å². The summed E-state index contributed by atoms with van der Waals surface area (Å²) in [6.45, 7) is 1.17. The van der Waals surface area contributed by atoms with Crippen LogP contribution >= 0.6 is 0 Å². The molecule has 1 amide bonds. The zero-order valence-electron chi connectivity index (χ0n) is 5.55. The Labute approximate surface area is 58.5 Å². The minimum absolute atomic E-state index is 0.0156. The maximum absolute atomic E-state index is 10.7. The van der Waals surface area contributed by atoms with Crippen LogP contribution in [-0.4, -0.2) is 25.0 Å². The summed E-state index contributed by atoms with van der Waals surface area (Å²) in [6, 6.07) is 0. The minimum Gasteiger partial charge on any atom is -0.330 e. The molecule has 0 unspecified atom stereocenters. The Morgan fingerprint density at radius 2 is 2.10 bits per heavy atom. The minimum atomic E-state index is -0.739. The van der Waals surface area contributed by atoms with Crippen molar-refractivity contribution in [2.45, 2.75) is 18.8 Å². The smallest absolute Gasteiger partial charge is 0.252 e. The van der Waals surface area contributed by atoms with Gasteiger partial charge in [-0.1, -0.05) is 0 Å². The van der Waals surface area contributed by atoms with E-state index in [9.17, 15) is 4.79 Å². The Morgan fingerprint density at radius 1 is 1.40 bits per heavy atom. The third kappa shape index (κ3) is 0.803. The Morgan fingerprint density at radius 3 is 2.60 bits per heavy atom. The highest BCUT2D eigenvalue weighted by molar-refractivity contribution is 5.78. The van der Waals surface area contributed by atoms with Crippen molar-refractivity contribution in [3.05, 3.63) is 0 Å². The van der Waals surface area contributed by atoms with Crippen molar-refractivity contribution in [1.29, 1.82) is 0 Å². The molecule has 2 fully saturated rings. The van der Waals surface area contributed by atoms with Gasteiger partial charge in [-0.25, -0.2) is 0 Å². The summed E-state index contributed by atoms with van der Waals surface area (Å²) in [5.74, 6) is -0.723. The molecule has 0 aliphatic carbocycles. The van der Waals surface area contributed by atoms with Crippen LogP contribution in [0.25, 0.3) is 0 Å². The van der Waals surface area contributed by atoms with Crippen LogP contribution in [0, 0.1) is 0 Å². The van der Waals surface area contributed by atoms with Crippen LogP contribution < -0.4 is 5.32 Å². The van der Waals surface area contributed by atoms with Crippen LogP contribution in [-0.2, 0) is 14.3 Å². The van der Waals surface area contributed by atoms with Crippen LogP contribution in [0.15, 0.2) is 0 Å². The number of carbonyl (C=O) groups is 1. The normalized spacial score (nSPS) is 29.4. The van der Waals surface area contributed by atoms with Gasteiger partial charge in [0.05, 0.1) is 13.2 Å². The van der Waals surface area contributed by atoms with Gasteiger partial charge in [0.1, 0.15) is 0 Å². The molecule has 2 aliphatic rings. The number of carbonyl (C=O) groups excluding carboxylic acids is 1. The van der Waals surface area contributed by atoms with Crippen LogP contribution in [0.3, 0.4) is 0 Å². The lowest BCUT2D eigenvalue weighted by molar-refractivity contribution is -0.171. The largest absolute Gasteiger partial charge is 0.330 e. The van der Waals surface area contributed by atoms with Gasteiger partial charge < -0.3 is 14.8 Å². The molecule has 2 rings (SSSR count). The second-order valence-electron chi connectivity index (χ2n) is 2.50. The zero-order valence-corrected chi connectivity index (χ0v) is 5.55. The Bertz CT molecular complexity index is 162. The molecule has 2 aliphatic heterocycles. The summed E-state index contributed by atoms with van der Waals surface area (Å²) in [5, 5.41) is 2.65. The highest BCUT2D eigenvalue weighted by atomic mass is 16.8. The topological polar surface area (TPSA) is 47.6 Å². The quantitative estimate of drug-likeness (QED) is 0.501. The van der Waals surface area contributed by atoms with E-state index in [0.29, 0.717) is 26.1 Å². The molecule has 0 aromatic rings. The summed E-state index contributed by atoms with van der Waals surface area (Å²) in [7, 11) is 0. The van der Waals surface area contributed by atoms with Gasteiger partial charge in [0.25, 0.3) is 5.91 Å². The fourth-order valence-corrected chi connectivity index (χ4v) is 1.29. The Balaban J connectivity index is 2.09. The zero-order chi connectivity index (χ0) is 7.03. The van der Waals surface area contributed by atoms with Gasteiger partial charge >= 0.3 is 0 Å².